The van der Waals surface area contributed by atoms with Gasteiger partial charge in [0.1, 0.15) is 0 Å². The molecule has 0 atom stereocenters. The zero-order chi connectivity index (χ0) is 21.2. The molecule has 0 aromatic heterocycles. The summed E-state index contributed by atoms with van der Waals surface area (Å²) in [6.45, 7) is 4.81. The molecule has 7 nitrogen and oxygen atoms in total. The van der Waals surface area contributed by atoms with E-state index < -0.39 is 19.9 Å². The molecule has 0 radical (unpaired) electrons. The Morgan fingerprint density at radius 1 is 1.07 bits per heavy atom. The van der Waals surface area contributed by atoms with Crippen LogP contribution in [0.5, 0.6) is 0 Å². The number of rotatable bonds is 6. The molecule has 0 amide bonds. The normalized spacial score (nSPS) is 16.7. The van der Waals surface area contributed by atoms with Gasteiger partial charge >= 0.3 is 0 Å². The largest absolute Gasteiger partial charge is 0.381 e. The minimum absolute atomic E-state index is 0.0497. The third kappa shape index (κ3) is 5.57. The summed E-state index contributed by atoms with van der Waals surface area (Å²) < 4.78 is 47.5. The Kier molecular flexibility index (Phi) is 6.33. The van der Waals surface area contributed by atoms with Crippen LogP contribution in [0.1, 0.15) is 24.0 Å². The van der Waals surface area contributed by atoms with Gasteiger partial charge in [-0.1, -0.05) is 24.3 Å². The standard InChI is InChI=1S/C20H27N3O4S2/c1-15-5-3-4-6-16(15)14-23-11-9-17(10-12-23)22-19-8-7-18(29(21,26)27)13-20(19)28(2,24)25/h3-8,13,17,22H,9-12,14H2,1-2H3,(H2,21,26,27). The first-order chi connectivity index (χ1) is 13.5. The number of likely N-dealkylation sites (tertiary alicyclic amines) is 1. The molecule has 2 aromatic carbocycles. The number of benzene rings is 2. The Morgan fingerprint density at radius 2 is 1.72 bits per heavy atom. The molecule has 1 heterocycles. The summed E-state index contributed by atoms with van der Waals surface area (Å²) in [5.74, 6) is 0. The highest BCUT2D eigenvalue weighted by Gasteiger charge is 2.23. The minimum Gasteiger partial charge on any atom is -0.381 e. The van der Waals surface area contributed by atoms with Gasteiger partial charge in [0, 0.05) is 31.9 Å². The van der Waals surface area contributed by atoms with Crippen LogP contribution in [0.3, 0.4) is 0 Å². The number of aryl methyl sites for hydroxylation is 1. The zero-order valence-electron chi connectivity index (χ0n) is 16.6. The molecule has 1 aliphatic heterocycles. The van der Waals surface area contributed by atoms with Crippen LogP contribution in [0.15, 0.2) is 52.3 Å². The molecule has 9 heteroatoms. The van der Waals surface area contributed by atoms with Crippen molar-refractivity contribution in [2.45, 2.75) is 42.1 Å². The highest BCUT2D eigenvalue weighted by Crippen LogP contribution is 2.27. The van der Waals surface area contributed by atoms with Crippen LogP contribution in [0.2, 0.25) is 0 Å². The summed E-state index contributed by atoms with van der Waals surface area (Å²) in [6, 6.07) is 12.4. The van der Waals surface area contributed by atoms with E-state index in [9.17, 15) is 16.8 Å². The number of piperidine rings is 1. The molecule has 3 N–H and O–H groups in total. The molecule has 158 valence electrons. The summed E-state index contributed by atoms with van der Waals surface area (Å²) in [5.41, 5.74) is 3.01. The molecule has 3 rings (SSSR count). The molecule has 1 aliphatic rings. The molecule has 0 unspecified atom stereocenters. The van der Waals surface area contributed by atoms with Gasteiger partial charge in [0.15, 0.2) is 9.84 Å². The molecule has 0 saturated carbocycles. The molecule has 1 fully saturated rings. The lowest BCUT2D eigenvalue weighted by atomic mass is 10.0. The van der Waals surface area contributed by atoms with E-state index in [0.29, 0.717) is 5.69 Å². The van der Waals surface area contributed by atoms with E-state index in [1.54, 1.807) is 0 Å². The minimum atomic E-state index is -3.97. The number of nitrogens with one attached hydrogen (secondary N) is 1. The van der Waals surface area contributed by atoms with Crippen molar-refractivity contribution in [1.29, 1.82) is 0 Å². The lowest BCUT2D eigenvalue weighted by molar-refractivity contribution is 0.211. The van der Waals surface area contributed by atoms with Crippen LogP contribution in [0.25, 0.3) is 0 Å². The second-order valence-corrected chi connectivity index (χ2v) is 11.1. The Labute approximate surface area is 172 Å². The number of hydrogen-bond acceptors (Lipinski definition) is 6. The van der Waals surface area contributed by atoms with Crippen molar-refractivity contribution in [1.82, 2.24) is 4.90 Å². The van der Waals surface area contributed by atoms with Crippen molar-refractivity contribution < 1.29 is 16.8 Å². The lowest BCUT2D eigenvalue weighted by Crippen LogP contribution is -2.39. The summed E-state index contributed by atoms with van der Waals surface area (Å²) in [4.78, 5) is 2.13. The SMILES string of the molecule is Cc1ccccc1CN1CCC(Nc2ccc(S(N)(=O)=O)cc2S(C)(=O)=O)CC1. The first-order valence-corrected chi connectivity index (χ1v) is 12.9. The monoisotopic (exact) mass is 437 g/mol. The number of sulfonamides is 1. The maximum absolute atomic E-state index is 12.2. The molecule has 29 heavy (non-hydrogen) atoms. The third-order valence-electron chi connectivity index (χ3n) is 5.28. The smallest absolute Gasteiger partial charge is 0.238 e. The Hall–Kier alpha value is -1.94. The summed E-state index contributed by atoms with van der Waals surface area (Å²) in [5, 5.41) is 8.43. The van der Waals surface area contributed by atoms with Crippen LogP contribution in [0.4, 0.5) is 5.69 Å². The van der Waals surface area contributed by atoms with E-state index in [2.05, 4.69) is 35.3 Å². The first kappa shape index (κ1) is 21.8. The van der Waals surface area contributed by atoms with Gasteiger partial charge in [-0.3, -0.25) is 4.90 Å². The van der Waals surface area contributed by atoms with Crippen molar-refractivity contribution in [3.63, 3.8) is 0 Å². The van der Waals surface area contributed by atoms with E-state index in [1.165, 1.54) is 23.3 Å². The molecule has 0 bridgehead atoms. The van der Waals surface area contributed by atoms with Crippen molar-refractivity contribution in [3.8, 4) is 0 Å². The van der Waals surface area contributed by atoms with Crippen molar-refractivity contribution in [2.24, 2.45) is 5.14 Å². The average Bonchev–Trinajstić information content (AvgIpc) is 2.64. The van der Waals surface area contributed by atoms with Gasteiger partial charge in [-0.15, -0.1) is 0 Å². The molecule has 0 aliphatic carbocycles. The highest BCUT2D eigenvalue weighted by molar-refractivity contribution is 7.91. The van der Waals surface area contributed by atoms with Crippen LogP contribution < -0.4 is 10.5 Å². The van der Waals surface area contributed by atoms with Gasteiger partial charge in [-0.25, -0.2) is 22.0 Å². The fourth-order valence-corrected chi connectivity index (χ4v) is 5.07. The fourth-order valence-electron chi connectivity index (χ4n) is 3.59. The highest BCUT2D eigenvalue weighted by atomic mass is 32.2. The van der Waals surface area contributed by atoms with Crippen LogP contribution >= 0.6 is 0 Å². The van der Waals surface area contributed by atoms with Gasteiger partial charge in [0.25, 0.3) is 0 Å². The van der Waals surface area contributed by atoms with Crippen molar-refractivity contribution >= 4 is 25.5 Å². The van der Waals surface area contributed by atoms with Gasteiger partial charge in [0.05, 0.1) is 15.5 Å². The molecule has 1 saturated heterocycles. The van der Waals surface area contributed by atoms with E-state index in [-0.39, 0.29) is 15.8 Å². The second kappa shape index (κ2) is 8.43. The van der Waals surface area contributed by atoms with Crippen LogP contribution in [-0.4, -0.2) is 47.1 Å². The maximum atomic E-state index is 12.2. The van der Waals surface area contributed by atoms with Gasteiger partial charge in [-0.2, -0.15) is 0 Å². The van der Waals surface area contributed by atoms with Crippen molar-refractivity contribution in [3.05, 3.63) is 53.6 Å². The first-order valence-electron chi connectivity index (χ1n) is 9.44. The zero-order valence-corrected chi connectivity index (χ0v) is 18.3. The Morgan fingerprint density at radius 3 is 2.31 bits per heavy atom. The molecular weight excluding hydrogens is 410 g/mol. The average molecular weight is 438 g/mol. The number of sulfone groups is 1. The van der Waals surface area contributed by atoms with Crippen molar-refractivity contribution in [2.75, 3.05) is 24.7 Å². The van der Waals surface area contributed by atoms with Crippen LogP contribution in [-0.2, 0) is 26.4 Å². The van der Waals surface area contributed by atoms with E-state index >= 15 is 0 Å². The van der Waals surface area contributed by atoms with E-state index in [4.69, 9.17) is 5.14 Å². The predicted molar refractivity (Wildman–Crippen MR) is 114 cm³/mol. The fraction of sp³-hybridized carbons (Fsp3) is 0.400. The van der Waals surface area contributed by atoms with E-state index in [0.717, 1.165) is 44.8 Å². The van der Waals surface area contributed by atoms with Gasteiger partial charge in [-0.05, 0) is 49.1 Å². The maximum Gasteiger partial charge on any atom is 0.238 e. The molecule has 0 spiro atoms. The number of nitrogens with zero attached hydrogens (tertiary/aromatic N) is 1. The van der Waals surface area contributed by atoms with E-state index in [1.807, 2.05) is 6.07 Å². The molecular formula is C20H27N3O4S2. The predicted octanol–water partition coefficient (Wildman–Crippen LogP) is 2.12. The number of nitrogens with two attached hydrogens (primary N) is 1. The van der Waals surface area contributed by atoms with Gasteiger partial charge in [0.2, 0.25) is 10.0 Å². The molecule has 2 aromatic rings. The third-order valence-corrected chi connectivity index (χ3v) is 7.33. The number of primary sulfonamides is 1. The second-order valence-electron chi connectivity index (χ2n) is 7.60. The topological polar surface area (TPSA) is 110 Å². The summed E-state index contributed by atoms with van der Waals surface area (Å²) >= 11 is 0. The Bertz CT molecular complexity index is 1090. The number of anilines is 1. The van der Waals surface area contributed by atoms with Gasteiger partial charge < -0.3 is 5.32 Å². The Balaban J connectivity index is 1.69. The lowest BCUT2D eigenvalue weighted by Gasteiger charge is -2.33. The summed E-state index contributed by atoms with van der Waals surface area (Å²) in [7, 11) is -7.59. The number of hydrogen-bond donors (Lipinski definition) is 2. The summed E-state index contributed by atoms with van der Waals surface area (Å²) in [6.07, 6.45) is 2.79. The van der Waals surface area contributed by atoms with Crippen LogP contribution in [0, 0.1) is 6.92 Å². The quantitative estimate of drug-likeness (QED) is 0.716.